The van der Waals surface area contributed by atoms with Gasteiger partial charge in [-0.05, 0) is 43.2 Å². The number of furan rings is 1. The molecule has 21 heavy (non-hydrogen) atoms. The van der Waals surface area contributed by atoms with Crippen LogP contribution in [0.1, 0.15) is 48.1 Å². The lowest BCUT2D eigenvalue weighted by Gasteiger charge is -2.16. The van der Waals surface area contributed by atoms with Gasteiger partial charge in [-0.3, -0.25) is 4.79 Å². The fourth-order valence-corrected chi connectivity index (χ4v) is 2.19. The maximum absolute atomic E-state index is 12.1. The highest BCUT2D eigenvalue weighted by Gasteiger charge is 2.16. The molecule has 1 aromatic carbocycles. The standard InChI is InChI=1S/C17H21NO3/c1-3-13-6-8-14(9-7-13)17(20)18-12(2)11-15(19)16-5-4-10-21-16/h4-10,12,15,19H,3,11H2,1-2H3,(H,18,20). The van der Waals surface area contributed by atoms with Crippen molar-refractivity contribution in [3.8, 4) is 0 Å². The van der Waals surface area contributed by atoms with Gasteiger partial charge in [-0.1, -0.05) is 19.1 Å². The first-order valence-corrected chi connectivity index (χ1v) is 7.21. The number of aliphatic hydroxyl groups excluding tert-OH is 1. The van der Waals surface area contributed by atoms with Crippen molar-refractivity contribution in [1.29, 1.82) is 0 Å². The van der Waals surface area contributed by atoms with E-state index in [2.05, 4.69) is 12.2 Å². The molecule has 1 heterocycles. The smallest absolute Gasteiger partial charge is 0.251 e. The molecule has 0 spiro atoms. The average molecular weight is 287 g/mol. The van der Waals surface area contributed by atoms with E-state index in [-0.39, 0.29) is 11.9 Å². The number of nitrogens with one attached hydrogen (secondary N) is 1. The highest BCUT2D eigenvalue weighted by atomic mass is 16.4. The van der Waals surface area contributed by atoms with E-state index in [1.54, 1.807) is 12.1 Å². The summed E-state index contributed by atoms with van der Waals surface area (Å²) in [5.74, 6) is 0.389. The van der Waals surface area contributed by atoms with E-state index >= 15 is 0 Å². The molecule has 0 aliphatic carbocycles. The van der Waals surface area contributed by atoms with Gasteiger partial charge in [0.1, 0.15) is 11.9 Å². The summed E-state index contributed by atoms with van der Waals surface area (Å²) >= 11 is 0. The number of hydrogen-bond donors (Lipinski definition) is 2. The van der Waals surface area contributed by atoms with Crippen LogP contribution in [0.25, 0.3) is 0 Å². The number of benzene rings is 1. The van der Waals surface area contributed by atoms with Crippen LogP contribution < -0.4 is 5.32 Å². The minimum Gasteiger partial charge on any atom is -0.467 e. The summed E-state index contributed by atoms with van der Waals surface area (Å²) in [7, 11) is 0. The number of aryl methyl sites for hydroxylation is 1. The Labute approximate surface area is 124 Å². The van der Waals surface area contributed by atoms with Gasteiger partial charge in [0.2, 0.25) is 0 Å². The van der Waals surface area contributed by atoms with E-state index < -0.39 is 6.10 Å². The zero-order chi connectivity index (χ0) is 15.2. The normalized spacial score (nSPS) is 13.7. The number of carbonyl (C=O) groups excluding carboxylic acids is 1. The van der Waals surface area contributed by atoms with Crippen molar-refractivity contribution in [3.63, 3.8) is 0 Å². The molecular formula is C17H21NO3. The minimum atomic E-state index is -0.710. The molecule has 2 aromatic rings. The predicted molar refractivity (Wildman–Crippen MR) is 81.0 cm³/mol. The van der Waals surface area contributed by atoms with Gasteiger partial charge in [-0.2, -0.15) is 0 Å². The second-order valence-electron chi connectivity index (χ2n) is 5.19. The van der Waals surface area contributed by atoms with E-state index in [1.807, 2.05) is 31.2 Å². The molecular weight excluding hydrogens is 266 g/mol. The molecule has 0 saturated heterocycles. The molecule has 112 valence electrons. The summed E-state index contributed by atoms with van der Waals surface area (Å²) in [5.41, 5.74) is 1.83. The Morgan fingerprint density at radius 1 is 1.29 bits per heavy atom. The first-order valence-electron chi connectivity index (χ1n) is 7.21. The van der Waals surface area contributed by atoms with Gasteiger partial charge in [-0.25, -0.2) is 0 Å². The van der Waals surface area contributed by atoms with Crippen molar-refractivity contribution in [2.45, 2.75) is 38.8 Å². The summed E-state index contributed by atoms with van der Waals surface area (Å²) in [6, 6.07) is 10.9. The molecule has 0 saturated carbocycles. The number of aliphatic hydroxyl groups is 1. The van der Waals surface area contributed by atoms with Crippen molar-refractivity contribution in [2.75, 3.05) is 0 Å². The van der Waals surface area contributed by atoms with E-state index in [0.29, 0.717) is 17.7 Å². The first-order chi connectivity index (χ1) is 10.1. The van der Waals surface area contributed by atoms with Crippen LogP contribution in [0.15, 0.2) is 47.1 Å². The molecule has 0 radical (unpaired) electrons. The van der Waals surface area contributed by atoms with Crippen LogP contribution in [-0.2, 0) is 6.42 Å². The Kier molecular flexibility index (Phi) is 5.17. The van der Waals surface area contributed by atoms with Gasteiger partial charge in [-0.15, -0.1) is 0 Å². The lowest BCUT2D eigenvalue weighted by Crippen LogP contribution is -2.33. The van der Waals surface area contributed by atoms with Crippen molar-refractivity contribution >= 4 is 5.91 Å². The summed E-state index contributed by atoms with van der Waals surface area (Å²) in [6.07, 6.45) is 2.18. The monoisotopic (exact) mass is 287 g/mol. The molecule has 2 unspecified atom stereocenters. The van der Waals surface area contributed by atoms with Gasteiger partial charge in [0, 0.05) is 18.0 Å². The molecule has 0 fully saturated rings. The number of amides is 1. The third kappa shape index (κ3) is 4.20. The summed E-state index contributed by atoms with van der Waals surface area (Å²) < 4.78 is 5.15. The van der Waals surface area contributed by atoms with E-state index in [4.69, 9.17) is 4.42 Å². The highest BCUT2D eigenvalue weighted by Crippen LogP contribution is 2.18. The minimum absolute atomic E-state index is 0.128. The van der Waals surface area contributed by atoms with Crippen LogP contribution in [0.2, 0.25) is 0 Å². The SMILES string of the molecule is CCc1ccc(C(=O)NC(C)CC(O)c2ccco2)cc1. The third-order valence-electron chi connectivity index (χ3n) is 3.45. The van der Waals surface area contributed by atoms with Crippen LogP contribution in [0.5, 0.6) is 0 Å². The number of rotatable bonds is 6. The second-order valence-corrected chi connectivity index (χ2v) is 5.19. The Hall–Kier alpha value is -2.07. The molecule has 1 amide bonds. The van der Waals surface area contributed by atoms with Gasteiger partial charge >= 0.3 is 0 Å². The Morgan fingerprint density at radius 3 is 2.57 bits per heavy atom. The quantitative estimate of drug-likeness (QED) is 0.858. The molecule has 0 aliphatic heterocycles. The average Bonchev–Trinajstić information content (AvgIpc) is 3.01. The van der Waals surface area contributed by atoms with E-state index in [1.165, 1.54) is 11.8 Å². The largest absolute Gasteiger partial charge is 0.467 e. The molecule has 0 bridgehead atoms. The maximum Gasteiger partial charge on any atom is 0.251 e. The summed E-state index contributed by atoms with van der Waals surface area (Å²) in [6.45, 7) is 3.94. The Balaban J connectivity index is 1.89. The lowest BCUT2D eigenvalue weighted by molar-refractivity contribution is 0.0903. The van der Waals surface area contributed by atoms with Crippen LogP contribution >= 0.6 is 0 Å². The van der Waals surface area contributed by atoms with Gasteiger partial charge < -0.3 is 14.8 Å². The van der Waals surface area contributed by atoms with E-state index in [9.17, 15) is 9.90 Å². The molecule has 2 atom stereocenters. The topological polar surface area (TPSA) is 62.5 Å². The summed E-state index contributed by atoms with van der Waals surface area (Å²) in [5, 5.41) is 12.9. The van der Waals surface area contributed by atoms with Gasteiger partial charge in [0.05, 0.1) is 6.26 Å². The molecule has 4 heteroatoms. The van der Waals surface area contributed by atoms with Crippen LogP contribution in [0.4, 0.5) is 0 Å². The lowest BCUT2D eigenvalue weighted by atomic mass is 10.1. The van der Waals surface area contributed by atoms with Crippen LogP contribution in [-0.4, -0.2) is 17.1 Å². The third-order valence-corrected chi connectivity index (χ3v) is 3.45. The second kappa shape index (κ2) is 7.09. The Morgan fingerprint density at radius 2 is 2.00 bits per heavy atom. The van der Waals surface area contributed by atoms with E-state index in [0.717, 1.165) is 6.42 Å². The van der Waals surface area contributed by atoms with Crippen molar-refractivity contribution in [2.24, 2.45) is 0 Å². The van der Waals surface area contributed by atoms with Gasteiger partial charge in [0.25, 0.3) is 5.91 Å². The molecule has 1 aromatic heterocycles. The zero-order valence-electron chi connectivity index (χ0n) is 12.4. The fourth-order valence-electron chi connectivity index (χ4n) is 2.19. The molecule has 4 nitrogen and oxygen atoms in total. The molecule has 2 N–H and O–H groups in total. The van der Waals surface area contributed by atoms with Crippen molar-refractivity contribution in [1.82, 2.24) is 5.32 Å². The number of hydrogen-bond acceptors (Lipinski definition) is 3. The zero-order valence-corrected chi connectivity index (χ0v) is 12.4. The Bertz CT molecular complexity index is 560. The van der Waals surface area contributed by atoms with Crippen LogP contribution in [0, 0.1) is 0 Å². The van der Waals surface area contributed by atoms with Crippen molar-refractivity contribution < 1.29 is 14.3 Å². The fraction of sp³-hybridized carbons (Fsp3) is 0.353. The number of carbonyl (C=O) groups is 1. The highest BCUT2D eigenvalue weighted by molar-refractivity contribution is 5.94. The predicted octanol–water partition coefficient (Wildman–Crippen LogP) is 3.08. The van der Waals surface area contributed by atoms with Crippen molar-refractivity contribution in [3.05, 3.63) is 59.5 Å². The van der Waals surface area contributed by atoms with Crippen LogP contribution in [0.3, 0.4) is 0 Å². The van der Waals surface area contributed by atoms with Gasteiger partial charge in [0.15, 0.2) is 0 Å². The molecule has 0 aliphatic rings. The maximum atomic E-state index is 12.1. The molecule has 2 rings (SSSR count). The summed E-state index contributed by atoms with van der Waals surface area (Å²) in [4.78, 5) is 12.1. The first kappa shape index (κ1) is 15.3.